The molecule has 1 aliphatic rings. The highest BCUT2D eigenvalue weighted by Crippen LogP contribution is 2.44. The maximum atomic E-state index is 13.9. The van der Waals surface area contributed by atoms with Crippen molar-refractivity contribution in [2.75, 3.05) is 38.7 Å². The van der Waals surface area contributed by atoms with Crippen LogP contribution in [0.25, 0.3) is 0 Å². The van der Waals surface area contributed by atoms with Crippen molar-refractivity contribution in [3.05, 3.63) is 52.6 Å². The summed E-state index contributed by atoms with van der Waals surface area (Å²) in [4.78, 5) is 30.0. The lowest BCUT2D eigenvalue weighted by atomic mass is 9.91. The molecular formula is C26H34N2O4. The maximum absolute atomic E-state index is 13.9. The molecule has 0 saturated heterocycles. The molecule has 0 aliphatic carbocycles. The van der Waals surface area contributed by atoms with Gasteiger partial charge < -0.3 is 19.3 Å². The fraction of sp³-hybridized carbons (Fsp3) is 0.462. The van der Waals surface area contributed by atoms with E-state index in [1.165, 1.54) is 0 Å². The molecule has 0 unspecified atom stereocenters. The number of esters is 1. The average Bonchev–Trinajstić information content (AvgIpc) is 2.85. The van der Waals surface area contributed by atoms with Gasteiger partial charge in [0.1, 0.15) is 5.75 Å². The molecule has 2 aromatic rings. The number of amides is 1. The predicted octanol–water partition coefficient (Wildman–Crippen LogP) is 5.42. The Balaban J connectivity index is 2.21. The molecule has 3 rings (SSSR count). The molecule has 6 nitrogen and oxygen atoms in total. The van der Waals surface area contributed by atoms with E-state index >= 15 is 0 Å². The first kappa shape index (κ1) is 23.8. The third-order valence-corrected chi connectivity index (χ3v) is 5.65. The van der Waals surface area contributed by atoms with Crippen LogP contribution in [0.3, 0.4) is 0 Å². The summed E-state index contributed by atoms with van der Waals surface area (Å²) in [5.41, 5.74) is 3.66. The van der Waals surface area contributed by atoms with E-state index in [9.17, 15) is 9.59 Å². The molecule has 0 saturated carbocycles. The quantitative estimate of drug-likeness (QED) is 0.540. The Morgan fingerprint density at radius 1 is 1.09 bits per heavy atom. The smallest absolute Gasteiger partial charge is 0.338 e. The zero-order valence-corrected chi connectivity index (χ0v) is 20.2. The lowest BCUT2D eigenvalue weighted by molar-refractivity contribution is 0.0526. The first-order valence-corrected chi connectivity index (χ1v) is 11.3. The Morgan fingerprint density at radius 2 is 1.81 bits per heavy atom. The molecule has 172 valence electrons. The lowest BCUT2D eigenvalue weighted by Gasteiger charge is -2.24. The van der Waals surface area contributed by atoms with Gasteiger partial charge in [0.05, 0.1) is 23.4 Å². The van der Waals surface area contributed by atoms with E-state index in [0.29, 0.717) is 41.4 Å². The van der Waals surface area contributed by atoms with Crippen LogP contribution < -0.4 is 9.64 Å². The van der Waals surface area contributed by atoms with Gasteiger partial charge in [-0.15, -0.1) is 0 Å². The van der Waals surface area contributed by atoms with Crippen LogP contribution in [0.2, 0.25) is 0 Å². The summed E-state index contributed by atoms with van der Waals surface area (Å²) in [6.45, 7) is 11.7. The second-order valence-corrected chi connectivity index (χ2v) is 9.06. The Morgan fingerprint density at radius 3 is 2.41 bits per heavy atom. The highest BCUT2D eigenvalue weighted by Gasteiger charge is 2.32. The summed E-state index contributed by atoms with van der Waals surface area (Å²) < 4.78 is 11.6. The monoisotopic (exact) mass is 438 g/mol. The standard InChI is InChI=1S/C26H34N2O4/c1-8-31-26(30)18-9-10-23-22(15-18)28(12-11-27(6)7)25(29)21-14-19(16(2)3)13-20(17(4)5)24(21)32-23/h9-10,13-17H,8,11-12H2,1-7H3. The Hall–Kier alpha value is -2.86. The van der Waals surface area contributed by atoms with Crippen LogP contribution in [0.5, 0.6) is 11.5 Å². The minimum atomic E-state index is -0.415. The molecule has 6 heteroatoms. The van der Waals surface area contributed by atoms with Gasteiger partial charge in [0.15, 0.2) is 5.75 Å². The van der Waals surface area contributed by atoms with E-state index in [2.05, 4.69) is 33.8 Å². The van der Waals surface area contributed by atoms with E-state index in [4.69, 9.17) is 9.47 Å². The molecule has 2 aromatic carbocycles. The second-order valence-electron chi connectivity index (χ2n) is 9.06. The molecule has 0 radical (unpaired) electrons. The van der Waals surface area contributed by atoms with Crippen molar-refractivity contribution in [3.8, 4) is 11.5 Å². The average molecular weight is 439 g/mol. The summed E-state index contributed by atoms with van der Waals surface area (Å²) in [6, 6.07) is 9.24. The van der Waals surface area contributed by atoms with E-state index in [1.54, 1.807) is 30.0 Å². The normalized spacial score (nSPS) is 13.2. The Bertz CT molecular complexity index is 1010. The molecule has 0 N–H and O–H groups in total. The van der Waals surface area contributed by atoms with Crippen molar-refractivity contribution in [2.45, 2.75) is 46.5 Å². The summed E-state index contributed by atoms with van der Waals surface area (Å²) in [7, 11) is 3.94. The van der Waals surface area contributed by atoms with Crippen LogP contribution in [0.15, 0.2) is 30.3 Å². The minimum Gasteiger partial charge on any atom is -0.462 e. The molecule has 32 heavy (non-hydrogen) atoms. The van der Waals surface area contributed by atoms with Crippen LogP contribution >= 0.6 is 0 Å². The third-order valence-electron chi connectivity index (χ3n) is 5.65. The highest BCUT2D eigenvalue weighted by atomic mass is 16.5. The van der Waals surface area contributed by atoms with Crippen LogP contribution in [0.4, 0.5) is 5.69 Å². The second kappa shape index (κ2) is 9.74. The van der Waals surface area contributed by atoms with Gasteiger partial charge in [-0.05, 0) is 68.2 Å². The van der Waals surface area contributed by atoms with Crippen LogP contribution in [-0.4, -0.2) is 50.6 Å². The van der Waals surface area contributed by atoms with E-state index in [-0.39, 0.29) is 24.3 Å². The molecule has 1 heterocycles. The first-order valence-electron chi connectivity index (χ1n) is 11.3. The zero-order chi connectivity index (χ0) is 23.6. The van der Waals surface area contributed by atoms with Crippen LogP contribution in [-0.2, 0) is 4.74 Å². The SMILES string of the molecule is CCOC(=O)c1ccc2c(c1)N(CCN(C)C)C(=O)c1cc(C(C)C)cc(C(C)C)c1O2. The van der Waals surface area contributed by atoms with E-state index in [0.717, 1.165) is 11.1 Å². The van der Waals surface area contributed by atoms with E-state index < -0.39 is 5.97 Å². The topological polar surface area (TPSA) is 59.1 Å². The summed E-state index contributed by atoms with van der Waals surface area (Å²) in [5, 5.41) is 0. The fourth-order valence-corrected chi connectivity index (χ4v) is 3.75. The number of hydrogen-bond donors (Lipinski definition) is 0. The van der Waals surface area contributed by atoms with Gasteiger partial charge in [0, 0.05) is 13.1 Å². The molecular weight excluding hydrogens is 404 g/mol. The molecule has 1 amide bonds. The number of fused-ring (bicyclic) bond motifs is 2. The van der Waals surface area contributed by atoms with Crippen molar-refractivity contribution in [1.82, 2.24) is 4.90 Å². The summed E-state index contributed by atoms with van der Waals surface area (Å²) >= 11 is 0. The number of hydrogen-bond acceptors (Lipinski definition) is 5. The molecule has 0 spiro atoms. The van der Waals surface area contributed by atoms with E-state index in [1.807, 2.05) is 25.1 Å². The predicted molar refractivity (Wildman–Crippen MR) is 127 cm³/mol. The zero-order valence-electron chi connectivity index (χ0n) is 20.2. The maximum Gasteiger partial charge on any atom is 0.338 e. The number of carbonyl (C=O) groups excluding carboxylic acids is 2. The van der Waals surface area contributed by atoms with Gasteiger partial charge in [-0.3, -0.25) is 4.79 Å². The van der Waals surface area contributed by atoms with Crippen molar-refractivity contribution in [2.24, 2.45) is 0 Å². The van der Waals surface area contributed by atoms with Crippen molar-refractivity contribution >= 4 is 17.6 Å². The number of ether oxygens (including phenoxy) is 2. The number of likely N-dealkylation sites (N-methyl/N-ethyl adjacent to an activating group) is 1. The van der Waals surface area contributed by atoms with Gasteiger partial charge >= 0.3 is 5.97 Å². The number of carbonyl (C=O) groups is 2. The largest absolute Gasteiger partial charge is 0.462 e. The number of nitrogens with zero attached hydrogens (tertiary/aromatic N) is 2. The molecule has 1 aliphatic heterocycles. The lowest BCUT2D eigenvalue weighted by Crippen LogP contribution is -2.36. The van der Waals surface area contributed by atoms with Crippen LogP contribution in [0.1, 0.15) is 78.3 Å². The molecule has 0 fully saturated rings. The van der Waals surface area contributed by atoms with Crippen molar-refractivity contribution in [3.63, 3.8) is 0 Å². The fourth-order valence-electron chi connectivity index (χ4n) is 3.75. The van der Waals surface area contributed by atoms with Gasteiger partial charge in [0.25, 0.3) is 5.91 Å². The van der Waals surface area contributed by atoms with Crippen LogP contribution in [0, 0.1) is 0 Å². The van der Waals surface area contributed by atoms with Gasteiger partial charge in [0.2, 0.25) is 0 Å². The summed E-state index contributed by atoms with van der Waals surface area (Å²) in [5.74, 6) is 1.09. The highest BCUT2D eigenvalue weighted by molar-refractivity contribution is 6.10. The van der Waals surface area contributed by atoms with Gasteiger partial charge in [-0.1, -0.05) is 33.8 Å². The summed E-state index contributed by atoms with van der Waals surface area (Å²) in [6.07, 6.45) is 0. The number of benzene rings is 2. The van der Waals surface area contributed by atoms with Gasteiger partial charge in [-0.2, -0.15) is 0 Å². The van der Waals surface area contributed by atoms with Crippen molar-refractivity contribution in [1.29, 1.82) is 0 Å². The Labute approximate surface area is 191 Å². The molecule has 0 atom stereocenters. The molecule has 0 bridgehead atoms. The minimum absolute atomic E-state index is 0.119. The first-order chi connectivity index (χ1) is 15.1. The van der Waals surface area contributed by atoms with Gasteiger partial charge in [-0.25, -0.2) is 4.79 Å². The Kier molecular flexibility index (Phi) is 7.24. The number of rotatable bonds is 7. The third kappa shape index (κ3) is 4.80. The number of anilines is 1. The molecule has 0 aromatic heterocycles. The van der Waals surface area contributed by atoms with Crippen molar-refractivity contribution < 1.29 is 19.1 Å².